The molecule has 1 aromatic carbocycles. The number of rotatable bonds is 4. The molecule has 3 nitrogen and oxygen atoms in total. The molecule has 0 aliphatic carbocycles. The molecular weight excluding hydrogens is 260 g/mol. The van der Waals surface area contributed by atoms with Crippen LogP contribution < -0.4 is 0 Å². The molecular formula is C18H20N2O. The minimum Gasteiger partial charge on any atom is -0.440 e. The Morgan fingerprint density at radius 2 is 1.76 bits per heavy atom. The maximum Gasteiger partial charge on any atom is 0.198 e. The van der Waals surface area contributed by atoms with Crippen molar-refractivity contribution < 1.29 is 4.42 Å². The van der Waals surface area contributed by atoms with Crippen LogP contribution in [0, 0.1) is 5.92 Å². The second-order valence-electron chi connectivity index (χ2n) is 6.00. The van der Waals surface area contributed by atoms with Crippen LogP contribution in [0.4, 0.5) is 0 Å². The summed E-state index contributed by atoms with van der Waals surface area (Å²) in [4.78, 5) is 8.72. The molecule has 0 radical (unpaired) electrons. The fourth-order valence-corrected chi connectivity index (χ4v) is 2.69. The topological polar surface area (TPSA) is 38.9 Å². The largest absolute Gasteiger partial charge is 0.440 e. The standard InChI is InChI=1S/C18H20N2O/c1-12(2)10-13(3)18-20-16-11-15(4-5-17(16)21-18)14-6-8-19-9-7-14/h4-9,11-13H,10H2,1-3H3. The SMILES string of the molecule is CC(C)CC(C)c1nc2cc(-c3ccncc3)ccc2o1. The normalized spacial score (nSPS) is 13.0. The molecule has 0 N–H and O–H groups in total. The van der Waals surface area contributed by atoms with E-state index < -0.39 is 0 Å². The summed E-state index contributed by atoms with van der Waals surface area (Å²) < 4.78 is 5.90. The van der Waals surface area contributed by atoms with Gasteiger partial charge in [-0.2, -0.15) is 0 Å². The van der Waals surface area contributed by atoms with Crippen molar-refractivity contribution in [2.75, 3.05) is 0 Å². The number of nitrogens with zero attached hydrogens (tertiary/aromatic N) is 2. The highest BCUT2D eigenvalue weighted by atomic mass is 16.3. The van der Waals surface area contributed by atoms with E-state index in [1.54, 1.807) is 12.4 Å². The summed E-state index contributed by atoms with van der Waals surface area (Å²) >= 11 is 0. The van der Waals surface area contributed by atoms with E-state index in [2.05, 4.69) is 42.9 Å². The summed E-state index contributed by atoms with van der Waals surface area (Å²) in [5.41, 5.74) is 4.07. The van der Waals surface area contributed by atoms with Crippen molar-refractivity contribution in [3.05, 3.63) is 48.6 Å². The fraction of sp³-hybridized carbons (Fsp3) is 0.333. The van der Waals surface area contributed by atoms with E-state index >= 15 is 0 Å². The lowest BCUT2D eigenvalue weighted by Crippen LogP contribution is -1.98. The average molecular weight is 280 g/mol. The highest BCUT2D eigenvalue weighted by Crippen LogP contribution is 2.29. The fourth-order valence-electron chi connectivity index (χ4n) is 2.69. The number of pyridine rings is 1. The molecule has 21 heavy (non-hydrogen) atoms. The molecule has 0 fully saturated rings. The van der Waals surface area contributed by atoms with Crippen molar-refractivity contribution in [3.63, 3.8) is 0 Å². The Kier molecular flexibility index (Phi) is 3.74. The Morgan fingerprint density at radius 3 is 2.48 bits per heavy atom. The zero-order chi connectivity index (χ0) is 14.8. The highest BCUT2D eigenvalue weighted by Gasteiger charge is 2.15. The summed E-state index contributed by atoms with van der Waals surface area (Å²) in [5.74, 6) is 1.83. The molecule has 0 aliphatic heterocycles. The molecule has 0 amide bonds. The van der Waals surface area contributed by atoms with Crippen LogP contribution in [0.3, 0.4) is 0 Å². The Balaban J connectivity index is 1.95. The van der Waals surface area contributed by atoms with Crippen LogP contribution >= 0.6 is 0 Å². The van der Waals surface area contributed by atoms with Crippen LogP contribution in [-0.4, -0.2) is 9.97 Å². The molecule has 2 heterocycles. The number of hydrogen-bond donors (Lipinski definition) is 0. The van der Waals surface area contributed by atoms with Crippen molar-refractivity contribution in [1.29, 1.82) is 0 Å². The molecule has 3 rings (SSSR count). The number of fused-ring (bicyclic) bond motifs is 1. The van der Waals surface area contributed by atoms with Gasteiger partial charge in [-0.3, -0.25) is 4.98 Å². The van der Waals surface area contributed by atoms with Gasteiger partial charge in [0.05, 0.1) is 0 Å². The molecule has 3 heteroatoms. The molecule has 0 aliphatic rings. The number of oxazole rings is 1. The van der Waals surface area contributed by atoms with Gasteiger partial charge in [-0.25, -0.2) is 4.98 Å². The molecule has 1 atom stereocenters. The second kappa shape index (κ2) is 5.68. The van der Waals surface area contributed by atoms with E-state index in [1.807, 2.05) is 18.2 Å². The quantitative estimate of drug-likeness (QED) is 0.672. The van der Waals surface area contributed by atoms with Gasteiger partial charge in [-0.15, -0.1) is 0 Å². The van der Waals surface area contributed by atoms with Crippen molar-refractivity contribution in [3.8, 4) is 11.1 Å². The maximum absolute atomic E-state index is 5.90. The zero-order valence-corrected chi connectivity index (χ0v) is 12.7. The smallest absolute Gasteiger partial charge is 0.198 e. The van der Waals surface area contributed by atoms with Crippen LogP contribution in [0.15, 0.2) is 47.1 Å². The maximum atomic E-state index is 5.90. The lowest BCUT2D eigenvalue weighted by atomic mass is 9.99. The van der Waals surface area contributed by atoms with Crippen molar-refractivity contribution in [2.24, 2.45) is 5.92 Å². The summed E-state index contributed by atoms with van der Waals surface area (Å²) in [6.07, 6.45) is 4.70. The zero-order valence-electron chi connectivity index (χ0n) is 12.7. The van der Waals surface area contributed by atoms with E-state index in [4.69, 9.17) is 4.42 Å². The van der Waals surface area contributed by atoms with Gasteiger partial charge in [-0.1, -0.05) is 26.8 Å². The van der Waals surface area contributed by atoms with Crippen LogP contribution in [0.25, 0.3) is 22.2 Å². The van der Waals surface area contributed by atoms with Gasteiger partial charge in [0.25, 0.3) is 0 Å². The molecule has 0 saturated heterocycles. The van der Waals surface area contributed by atoms with E-state index in [-0.39, 0.29) is 0 Å². The van der Waals surface area contributed by atoms with Crippen molar-refractivity contribution in [1.82, 2.24) is 9.97 Å². The predicted octanol–water partition coefficient (Wildman–Crippen LogP) is 5.04. The first-order valence-corrected chi connectivity index (χ1v) is 7.44. The Hall–Kier alpha value is -2.16. The van der Waals surface area contributed by atoms with E-state index in [0.717, 1.165) is 34.5 Å². The van der Waals surface area contributed by atoms with Gasteiger partial charge in [-0.05, 0) is 47.7 Å². The van der Waals surface area contributed by atoms with Gasteiger partial charge in [0.1, 0.15) is 5.52 Å². The van der Waals surface area contributed by atoms with Crippen molar-refractivity contribution >= 4 is 11.1 Å². The third-order valence-electron chi connectivity index (χ3n) is 3.66. The van der Waals surface area contributed by atoms with E-state index in [9.17, 15) is 0 Å². The molecule has 108 valence electrons. The molecule has 1 unspecified atom stereocenters. The monoisotopic (exact) mass is 280 g/mol. The third kappa shape index (κ3) is 2.97. The summed E-state index contributed by atoms with van der Waals surface area (Å²) in [6.45, 7) is 6.62. The molecule has 3 aromatic rings. The van der Waals surface area contributed by atoms with Gasteiger partial charge >= 0.3 is 0 Å². The third-order valence-corrected chi connectivity index (χ3v) is 3.66. The van der Waals surface area contributed by atoms with E-state index in [0.29, 0.717) is 11.8 Å². The van der Waals surface area contributed by atoms with Gasteiger partial charge in [0, 0.05) is 18.3 Å². The van der Waals surface area contributed by atoms with E-state index in [1.165, 1.54) is 0 Å². The highest BCUT2D eigenvalue weighted by molar-refractivity contribution is 5.80. The van der Waals surface area contributed by atoms with Crippen LogP contribution in [0.1, 0.15) is 39.0 Å². The Bertz CT molecular complexity index is 731. The molecule has 0 saturated carbocycles. The lowest BCUT2D eigenvalue weighted by molar-refractivity contribution is 0.428. The minimum atomic E-state index is 0.349. The summed E-state index contributed by atoms with van der Waals surface area (Å²) in [5, 5.41) is 0. The molecule has 0 bridgehead atoms. The van der Waals surface area contributed by atoms with Gasteiger partial charge in [0.15, 0.2) is 11.5 Å². The van der Waals surface area contributed by atoms with Crippen LogP contribution in [-0.2, 0) is 0 Å². The first-order valence-electron chi connectivity index (χ1n) is 7.44. The Labute approximate surface area is 125 Å². The first-order chi connectivity index (χ1) is 10.1. The van der Waals surface area contributed by atoms with Crippen LogP contribution in [0.5, 0.6) is 0 Å². The number of benzene rings is 1. The predicted molar refractivity (Wildman–Crippen MR) is 85.1 cm³/mol. The van der Waals surface area contributed by atoms with Crippen molar-refractivity contribution in [2.45, 2.75) is 33.1 Å². The molecule has 0 spiro atoms. The minimum absolute atomic E-state index is 0.349. The summed E-state index contributed by atoms with van der Waals surface area (Å²) in [6, 6.07) is 10.2. The molecule has 2 aromatic heterocycles. The van der Waals surface area contributed by atoms with Gasteiger partial charge < -0.3 is 4.42 Å². The lowest BCUT2D eigenvalue weighted by Gasteiger charge is -2.09. The second-order valence-corrected chi connectivity index (χ2v) is 6.00. The van der Waals surface area contributed by atoms with Gasteiger partial charge in [0.2, 0.25) is 0 Å². The number of hydrogen-bond acceptors (Lipinski definition) is 3. The first kappa shape index (κ1) is 13.8. The average Bonchev–Trinajstić information content (AvgIpc) is 2.90. The summed E-state index contributed by atoms with van der Waals surface area (Å²) in [7, 11) is 0. The number of aromatic nitrogens is 2. The van der Waals surface area contributed by atoms with Crippen LogP contribution in [0.2, 0.25) is 0 Å². The Morgan fingerprint density at radius 1 is 1.00 bits per heavy atom.